The number of aryl methyl sites for hydroxylation is 1. The summed E-state index contributed by atoms with van der Waals surface area (Å²) in [5, 5.41) is 16.8. The largest absolute Gasteiger partial charge is 0.324 e. The minimum atomic E-state index is -1.73. The van der Waals surface area contributed by atoms with Gasteiger partial charge in [0.1, 0.15) is 17.0 Å². The molecule has 1 aliphatic heterocycles. The molecule has 2 N–H and O–H groups in total. The average Bonchev–Trinajstić information content (AvgIpc) is 3.16. The summed E-state index contributed by atoms with van der Waals surface area (Å²) in [6.07, 6.45) is 1.84. The summed E-state index contributed by atoms with van der Waals surface area (Å²) >= 11 is 12.2. The Balaban J connectivity index is 1.97. The molecule has 39 heavy (non-hydrogen) atoms. The minimum absolute atomic E-state index is 0.00793. The molecule has 0 saturated carbocycles. The molecule has 1 amide bonds. The Morgan fingerprint density at radius 3 is 2.51 bits per heavy atom. The van der Waals surface area contributed by atoms with Crippen LogP contribution >= 0.6 is 23.2 Å². The number of hydrogen-bond donors (Lipinski definition) is 2. The molecule has 4 rings (SSSR count). The molecule has 0 aliphatic carbocycles. The van der Waals surface area contributed by atoms with E-state index in [2.05, 4.69) is 16.7 Å². The van der Waals surface area contributed by atoms with Gasteiger partial charge in [-0.05, 0) is 41.7 Å². The number of pyridine rings is 1. The molecule has 1 unspecified atom stereocenters. The van der Waals surface area contributed by atoms with Crippen molar-refractivity contribution in [2.45, 2.75) is 50.6 Å². The van der Waals surface area contributed by atoms with Gasteiger partial charge in [-0.3, -0.25) is 9.59 Å². The molecule has 4 atom stereocenters. The summed E-state index contributed by atoms with van der Waals surface area (Å²) in [5.41, 5.74) is -2.23. The number of carbonyl (C=O) groups excluding carboxylic acids is 1. The molecular weight excluding hydrogens is 545 g/mol. The number of rotatable bonds is 5. The van der Waals surface area contributed by atoms with Crippen molar-refractivity contribution in [2.24, 2.45) is 12.5 Å². The van der Waals surface area contributed by atoms with Gasteiger partial charge in [0.2, 0.25) is 5.91 Å². The zero-order valence-corrected chi connectivity index (χ0v) is 23.4. The molecule has 0 bridgehead atoms. The predicted molar refractivity (Wildman–Crippen MR) is 148 cm³/mol. The van der Waals surface area contributed by atoms with E-state index in [0.29, 0.717) is 6.42 Å². The van der Waals surface area contributed by atoms with E-state index in [9.17, 15) is 14.9 Å². The van der Waals surface area contributed by atoms with E-state index in [0.717, 1.165) is 6.07 Å². The van der Waals surface area contributed by atoms with Crippen molar-refractivity contribution < 1.29 is 13.6 Å². The van der Waals surface area contributed by atoms with Gasteiger partial charge in [-0.2, -0.15) is 5.26 Å². The van der Waals surface area contributed by atoms with Crippen LogP contribution < -0.4 is 16.2 Å². The van der Waals surface area contributed by atoms with Crippen LogP contribution in [0.1, 0.15) is 44.2 Å². The summed E-state index contributed by atoms with van der Waals surface area (Å²) in [6.45, 7) is 5.87. The number of halogens is 4. The number of nitrogens with one attached hydrogen (secondary N) is 2. The molecule has 1 fully saturated rings. The zero-order valence-electron chi connectivity index (χ0n) is 21.9. The Bertz CT molecular complexity index is 1530. The van der Waals surface area contributed by atoms with Gasteiger partial charge in [-0.1, -0.05) is 62.2 Å². The lowest BCUT2D eigenvalue weighted by atomic mass is 9.62. The van der Waals surface area contributed by atoms with Crippen LogP contribution in [0, 0.1) is 28.4 Å². The number of amides is 1. The van der Waals surface area contributed by atoms with Crippen molar-refractivity contribution in [1.82, 2.24) is 9.88 Å². The number of hydrogen-bond acceptors (Lipinski definition) is 4. The maximum Gasteiger partial charge on any atom is 0.252 e. The summed E-state index contributed by atoms with van der Waals surface area (Å²) in [7, 11) is 1.57. The highest BCUT2D eigenvalue weighted by Gasteiger charge is 2.61. The highest BCUT2D eigenvalue weighted by molar-refractivity contribution is 6.31. The Kier molecular flexibility index (Phi) is 7.91. The molecule has 2 heterocycles. The van der Waals surface area contributed by atoms with Gasteiger partial charge in [0.25, 0.3) is 5.56 Å². The Morgan fingerprint density at radius 1 is 1.18 bits per heavy atom. The summed E-state index contributed by atoms with van der Waals surface area (Å²) in [4.78, 5) is 26.0. The van der Waals surface area contributed by atoms with E-state index in [1.807, 2.05) is 20.8 Å². The molecule has 1 aliphatic rings. The van der Waals surface area contributed by atoms with Gasteiger partial charge in [0.15, 0.2) is 0 Å². The fraction of sp³-hybridized carbons (Fsp3) is 0.345. The first-order chi connectivity index (χ1) is 18.3. The van der Waals surface area contributed by atoms with Gasteiger partial charge in [-0.15, -0.1) is 0 Å². The SMILES string of the molecule is Cn1ccc(NC(=O)C2N[C@@H](CC(C)(C)C)[C@](C#N)(c3ccc(Cl)cc3F)[C@H]2c2cccc(Cl)c2F)cc1=O. The molecule has 1 saturated heterocycles. The predicted octanol–water partition coefficient (Wildman–Crippen LogP) is 5.93. The third-order valence-electron chi connectivity index (χ3n) is 7.10. The summed E-state index contributed by atoms with van der Waals surface area (Å²) in [6, 6.07) is 11.4. The van der Waals surface area contributed by atoms with E-state index < -0.39 is 41.0 Å². The first kappa shape index (κ1) is 28.8. The molecule has 0 spiro atoms. The van der Waals surface area contributed by atoms with Crippen molar-refractivity contribution in [2.75, 3.05) is 5.32 Å². The average molecular weight is 573 g/mol. The topological polar surface area (TPSA) is 86.9 Å². The van der Waals surface area contributed by atoms with Crippen LogP contribution in [0.4, 0.5) is 14.5 Å². The maximum atomic E-state index is 15.7. The van der Waals surface area contributed by atoms with Crippen molar-refractivity contribution in [3.63, 3.8) is 0 Å². The van der Waals surface area contributed by atoms with Crippen LogP contribution in [0.2, 0.25) is 10.0 Å². The quantitative estimate of drug-likeness (QED) is 0.396. The second kappa shape index (κ2) is 10.7. The van der Waals surface area contributed by atoms with Gasteiger partial charge in [0.05, 0.1) is 17.1 Å². The van der Waals surface area contributed by atoms with Crippen LogP contribution in [-0.4, -0.2) is 22.6 Å². The number of benzene rings is 2. The molecule has 1 aromatic heterocycles. The summed E-state index contributed by atoms with van der Waals surface area (Å²) in [5.74, 6) is -3.36. The normalized spacial score (nSPS) is 22.9. The van der Waals surface area contributed by atoms with E-state index in [4.69, 9.17) is 23.2 Å². The van der Waals surface area contributed by atoms with Gasteiger partial charge < -0.3 is 15.2 Å². The lowest BCUT2D eigenvalue weighted by Crippen LogP contribution is -2.45. The maximum absolute atomic E-state index is 15.7. The van der Waals surface area contributed by atoms with Gasteiger partial charge >= 0.3 is 0 Å². The van der Waals surface area contributed by atoms with Crippen LogP contribution in [0.5, 0.6) is 0 Å². The molecule has 204 valence electrons. The highest BCUT2D eigenvalue weighted by Crippen LogP contribution is 2.52. The lowest BCUT2D eigenvalue weighted by Gasteiger charge is -2.37. The fourth-order valence-electron chi connectivity index (χ4n) is 5.40. The number of carbonyl (C=O) groups is 1. The Morgan fingerprint density at radius 2 is 1.90 bits per heavy atom. The molecular formula is C29H28Cl2F2N4O2. The minimum Gasteiger partial charge on any atom is -0.324 e. The van der Waals surface area contributed by atoms with E-state index in [1.54, 1.807) is 13.1 Å². The molecule has 10 heteroatoms. The van der Waals surface area contributed by atoms with Crippen molar-refractivity contribution in [3.05, 3.63) is 97.9 Å². The van der Waals surface area contributed by atoms with Crippen molar-refractivity contribution in [1.29, 1.82) is 5.26 Å². The van der Waals surface area contributed by atoms with Crippen LogP contribution in [0.3, 0.4) is 0 Å². The van der Waals surface area contributed by atoms with E-state index >= 15 is 8.78 Å². The standard InChI is InChI=1S/C29H28Cl2F2N4O2/c1-28(2,3)14-22-29(15-34,19-9-8-16(30)12-21(19)32)24(18-6-5-7-20(31)25(18)33)26(36-22)27(39)35-17-10-11-37(4)23(38)13-17/h5-13,22,24,26,36H,14H2,1-4H3,(H,35,39)/t22-,24-,26?,29-/m0/s1. The molecule has 6 nitrogen and oxygen atoms in total. The van der Waals surface area contributed by atoms with Gasteiger partial charge in [0, 0.05) is 47.5 Å². The number of nitriles is 1. The van der Waals surface area contributed by atoms with Crippen LogP contribution in [0.25, 0.3) is 0 Å². The second-order valence-electron chi connectivity index (χ2n) is 11.0. The molecule has 2 aromatic carbocycles. The fourth-order valence-corrected chi connectivity index (χ4v) is 5.74. The monoisotopic (exact) mass is 572 g/mol. The lowest BCUT2D eigenvalue weighted by molar-refractivity contribution is -0.118. The number of aromatic nitrogens is 1. The van der Waals surface area contributed by atoms with E-state index in [-0.39, 0.29) is 37.8 Å². The first-order valence-electron chi connectivity index (χ1n) is 12.3. The zero-order chi connectivity index (χ0) is 28.7. The van der Waals surface area contributed by atoms with Crippen molar-refractivity contribution in [3.8, 4) is 6.07 Å². The third-order valence-corrected chi connectivity index (χ3v) is 7.63. The number of anilines is 1. The van der Waals surface area contributed by atoms with Crippen LogP contribution in [-0.2, 0) is 17.3 Å². The van der Waals surface area contributed by atoms with Crippen molar-refractivity contribution >= 4 is 34.8 Å². The van der Waals surface area contributed by atoms with Crippen LogP contribution in [0.15, 0.2) is 59.5 Å². The number of nitrogens with zero attached hydrogens (tertiary/aromatic N) is 2. The van der Waals surface area contributed by atoms with Gasteiger partial charge in [-0.25, -0.2) is 8.78 Å². The molecule has 3 aromatic rings. The van der Waals surface area contributed by atoms with E-state index in [1.165, 1.54) is 47.2 Å². The Labute approximate surface area is 235 Å². The highest BCUT2D eigenvalue weighted by atomic mass is 35.5. The summed E-state index contributed by atoms with van der Waals surface area (Å²) < 4.78 is 32.7. The first-order valence-corrected chi connectivity index (χ1v) is 13.1. The third kappa shape index (κ3) is 5.44. The molecule has 0 radical (unpaired) electrons. The second-order valence-corrected chi connectivity index (χ2v) is 11.9. The smallest absolute Gasteiger partial charge is 0.252 e. The Hall–Kier alpha value is -3.25.